The summed E-state index contributed by atoms with van der Waals surface area (Å²) in [6, 6.07) is 15.8. The minimum Gasteiger partial charge on any atom is -0.399 e. The molecule has 0 bridgehead atoms. The predicted molar refractivity (Wildman–Crippen MR) is 65.5 cm³/mol. The molecule has 86 valence electrons. The molecule has 0 aliphatic rings. The van der Waals surface area contributed by atoms with E-state index in [0.717, 1.165) is 11.1 Å². The minimum atomic E-state index is -0.265. The van der Waals surface area contributed by atoms with Crippen molar-refractivity contribution in [2.45, 2.75) is 0 Å². The quantitative estimate of drug-likeness (QED) is 0.585. The molecule has 0 unspecified atom stereocenters. The summed E-state index contributed by atoms with van der Waals surface area (Å²) in [7, 11) is 1.49. The Morgan fingerprint density at radius 2 is 1.53 bits per heavy atom. The smallest absolute Gasteiger partial charge is 0.123 e. The van der Waals surface area contributed by atoms with E-state index in [0.29, 0.717) is 5.71 Å². The summed E-state index contributed by atoms with van der Waals surface area (Å²) < 4.78 is 12.9. The van der Waals surface area contributed by atoms with Crippen LogP contribution in [0.3, 0.4) is 0 Å². The number of oxime groups is 1. The Morgan fingerprint density at radius 3 is 2.12 bits per heavy atom. The van der Waals surface area contributed by atoms with Crippen molar-refractivity contribution in [3.63, 3.8) is 0 Å². The largest absolute Gasteiger partial charge is 0.399 e. The average Bonchev–Trinajstić information content (AvgIpc) is 2.38. The Labute approximate surface area is 99.3 Å². The van der Waals surface area contributed by atoms with Crippen LogP contribution in [0.5, 0.6) is 0 Å². The van der Waals surface area contributed by atoms with Gasteiger partial charge in [-0.3, -0.25) is 0 Å². The summed E-state index contributed by atoms with van der Waals surface area (Å²) in [4.78, 5) is 4.84. The predicted octanol–water partition coefficient (Wildman–Crippen LogP) is 3.22. The zero-order valence-electron chi connectivity index (χ0n) is 9.43. The second kappa shape index (κ2) is 5.25. The summed E-state index contributed by atoms with van der Waals surface area (Å²) in [5, 5.41) is 3.99. The monoisotopic (exact) mass is 229 g/mol. The topological polar surface area (TPSA) is 21.6 Å². The van der Waals surface area contributed by atoms with Crippen LogP contribution in [0, 0.1) is 5.82 Å². The highest BCUT2D eigenvalue weighted by Crippen LogP contribution is 2.12. The molecule has 0 N–H and O–H groups in total. The third kappa shape index (κ3) is 2.69. The van der Waals surface area contributed by atoms with Gasteiger partial charge in [-0.15, -0.1) is 0 Å². The van der Waals surface area contributed by atoms with Gasteiger partial charge in [0.05, 0.1) is 0 Å². The number of nitrogens with zero attached hydrogens (tertiary/aromatic N) is 1. The maximum atomic E-state index is 12.9. The van der Waals surface area contributed by atoms with Crippen molar-refractivity contribution in [3.05, 3.63) is 71.5 Å². The molecule has 0 aliphatic heterocycles. The minimum absolute atomic E-state index is 0.265. The van der Waals surface area contributed by atoms with Crippen LogP contribution >= 0.6 is 0 Å². The number of benzene rings is 2. The number of hydrogen-bond acceptors (Lipinski definition) is 2. The van der Waals surface area contributed by atoms with Crippen LogP contribution < -0.4 is 0 Å². The molecule has 0 atom stereocenters. The van der Waals surface area contributed by atoms with E-state index in [1.807, 2.05) is 30.3 Å². The maximum absolute atomic E-state index is 12.9. The van der Waals surface area contributed by atoms with E-state index >= 15 is 0 Å². The normalized spacial score (nSPS) is 11.3. The first kappa shape index (κ1) is 11.3. The third-order valence-corrected chi connectivity index (χ3v) is 2.35. The molecular formula is C14H12FNO. The summed E-state index contributed by atoms with van der Waals surface area (Å²) in [5.74, 6) is -0.265. The summed E-state index contributed by atoms with van der Waals surface area (Å²) in [6.07, 6.45) is 0. The van der Waals surface area contributed by atoms with Crippen molar-refractivity contribution in [1.29, 1.82) is 0 Å². The molecule has 2 aromatic rings. The number of rotatable bonds is 3. The van der Waals surface area contributed by atoms with E-state index < -0.39 is 0 Å². The van der Waals surface area contributed by atoms with Gasteiger partial charge in [-0.05, 0) is 24.3 Å². The van der Waals surface area contributed by atoms with Crippen LogP contribution in [0.15, 0.2) is 59.8 Å². The number of halogens is 1. The van der Waals surface area contributed by atoms with Crippen molar-refractivity contribution < 1.29 is 9.23 Å². The van der Waals surface area contributed by atoms with Crippen molar-refractivity contribution in [1.82, 2.24) is 0 Å². The van der Waals surface area contributed by atoms with E-state index in [1.165, 1.54) is 19.2 Å². The molecular weight excluding hydrogens is 217 g/mol. The van der Waals surface area contributed by atoms with E-state index in [4.69, 9.17) is 4.84 Å². The number of hydrogen-bond donors (Lipinski definition) is 0. The van der Waals surface area contributed by atoms with Gasteiger partial charge in [-0.2, -0.15) is 0 Å². The molecule has 0 fully saturated rings. The van der Waals surface area contributed by atoms with Crippen molar-refractivity contribution in [2.75, 3.05) is 7.11 Å². The highest BCUT2D eigenvalue weighted by Gasteiger charge is 2.07. The maximum Gasteiger partial charge on any atom is 0.123 e. The molecule has 2 rings (SSSR count). The van der Waals surface area contributed by atoms with Gasteiger partial charge >= 0.3 is 0 Å². The van der Waals surface area contributed by atoms with Crippen LogP contribution in [-0.4, -0.2) is 12.8 Å². The molecule has 0 spiro atoms. The van der Waals surface area contributed by atoms with Crippen LogP contribution in [0.1, 0.15) is 11.1 Å². The highest BCUT2D eigenvalue weighted by atomic mass is 19.1. The van der Waals surface area contributed by atoms with Gasteiger partial charge in [0.2, 0.25) is 0 Å². The van der Waals surface area contributed by atoms with Crippen LogP contribution in [-0.2, 0) is 4.84 Å². The molecule has 2 nitrogen and oxygen atoms in total. The first-order chi connectivity index (χ1) is 8.31. The zero-order valence-corrected chi connectivity index (χ0v) is 9.43. The summed E-state index contributed by atoms with van der Waals surface area (Å²) >= 11 is 0. The molecule has 2 aromatic carbocycles. The highest BCUT2D eigenvalue weighted by molar-refractivity contribution is 6.12. The van der Waals surface area contributed by atoms with Gasteiger partial charge in [-0.1, -0.05) is 35.5 Å². The Morgan fingerprint density at radius 1 is 0.941 bits per heavy atom. The standard InChI is InChI=1S/C14H12FNO/c1-17-16-14(11-5-3-2-4-6-11)12-7-9-13(15)10-8-12/h2-10H,1H3. The fourth-order valence-corrected chi connectivity index (χ4v) is 1.57. The Hall–Kier alpha value is -2.16. The Bertz CT molecular complexity index is 506. The van der Waals surface area contributed by atoms with E-state index in [2.05, 4.69) is 5.16 Å². The van der Waals surface area contributed by atoms with E-state index in [-0.39, 0.29) is 5.82 Å². The molecule has 0 saturated carbocycles. The van der Waals surface area contributed by atoms with E-state index in [1.54, 1.807) is 12.1 Å². The first-order valence-corrected chi connectivity index (χ1v) is 5.24. The molecule has 0 amide bonds. The zero-order chi connectivity index (χ0) is 12.1. The molecule has 0 saturated heterocycles. The molecule has 17 heavy (non-hydrogen) atoms. The van der Waals surface area contributed by atoms with Gasteiger partial charge in [0.15, 0.2) is 0 Å². The molecule has 0 aliphatic carbocycles. The second-order valence-electron chi connectivity index (χ2n) is 3.50. The van der Waals surface area contributed by atoms with Gasteiger partial charge in [0.25, 0.3) is 0 Å². The molecule has 0 heterocycles. The van der Waals surface area contributed by atoms with Crippen molar-refractivity contribution in [2.24, 2.45) is 5.16 Å². The summed E-state index contributed by atoms with van der Waals surface area (Å²) in [6.45, 7) is 0. The molecule has 3 heteroatoms. The van der Waals surface area contributed by atoms with Crippen molar-refractivity contribution >= 4 is 5.71 Å². The second-order valence-corrected chi connectivity index (χ2v) is 3.50. The summed E-state index contributed by atoms with van der Waals surface area (Å²) in [5.41, 5.74) is 2.44. The molecule has 0 radical (unpaired) electrons. The van der Waals surface area contributed by atoms with E-state index in [9.17, 15) is 4.39 Å². The first-order valence-electron chi connectivity index (χ1n) is 5.24. The lowest BCUT2D eigenvalue weighted by Gasteiger charge is -2.05. The van der Waals surface area contributed by atoms with Gasteiger partial charge in [-0.25, -0.2) is 4.39 Å². The van der Waals surface area contributed by atoms with Gasteiger partial charge < -0.3 is 4.84 Å². The third-order valence-electron chi connectivity index (χ3n) is 2.35. The lowest BCUT2D eigenvalue weighted by atomic mass is 10.0. The van der Waals surface area contributed by atoms with Gasteiger partial charge in [0.1, 0.15) is 18.6 Å². The van der Waals surface area contributed by atoms with Crippen LogP contribution in [0.2, 0.25) is 0 Å². The lowest BCUT2D eigenvalue weighted by molar-refractivity contribution is 0.214. The Balaban J connectivity index is 2.44. The lowest BCUT2D eigenvalue weighted by Crippen LogP contribution is -2.03. The average molecular weight is 229 g/mol. The Kier molecular flexibility index (Phi) is 3.50. The van der Waals surface area contributed by atoms with Crippen LogP contribution in [0.4, 0.5) is 4.39 Å². The van der Waals surface area contributed by atoms with Gasteiger partial charge in [0, 0.05) is 11.1 Å². The van der Waals surface area contributed by atoms with Crippen molar-refractivity contribution in [3.8, 4) is 0 Å². The fraction of sp³-hybridized carbons (Fsp3) is 0.0714. The SMILES string of the molecule is CON=C(c1ccccc1)c1ccc(F)cc1. The van der Waals surface area contributed by atoms with Crippen LogP contribution in [0.25, 0.3) is 0 Å². The fourth-order valence-electron chi connectivity index (χ4n) is 1.57. The molecule has 0 aromatic heterocycles.